The largest absolute Gasteiger partial charge is 0.416 e. The van der Waals surface area contributed by atoms with E-state index in [1.165, 1.54) is 18.5 Å². The summed E-state index contributed by atoms with van der Waals surface area (Å²) in [6, 6.07) is 15.9. The molecule has 7 nitrogen and oxygen atoms in total. The lowest BCUT2D eigenvalue weighted by Crippen LogP contribution is -2.03. The molecule has 0 N–H and O–H groups in total. The topological polar surface area (TPSA) is 82.0 Å². The van der Waals surface area contributed by atoms with Crippen LogP contribution < -0.4 is 0 Å². The summed E-state index contributed by atoms with van der Waals surface area (Å²) in [5, 5.41) is 13.0. The second-order valence-electron chi connectivity index (χ2n) is 6.37. The molecule has 0 aliphatic heterocycles. The Labute approximate surface area is 177 Å². The summed E-state index contributed by atoms with van der Waals surface area (Å²) in [6.07, 6.45) is -3.02. The second kappa shape index (κ2) is 7.51. The quantitative estimate of drug-likeness (QED) is 0.363. The highest BCUT2D eigenvalue weighted by atomic mass is 32.2. The SMILES string of the molecule is FC(F)(F)c1ccc(-c2nnc(Sc3cc(-c4ccccc4)nc4ncnn34)o2)cc1. The van der Waals surface area contributed by atoms with E-state index < -0.39 is 11.7 Å². The molecule has 0 fully saturated rings. The molecule has 0 aliphatic rings. The van der Waals surface area contributed by atoms with Gasteiger partial charge >= 0.3 is 6.18 Å². The van der Waals surface area contributed by atoms with Gasteiger partial charge in [0.25, 0.3) is 11.0 Å². The molecule has 0 unspecified atom stereocenters. The van der Waals surface area contributed by atoms with E-state index in [-0.39, 0.29) is 11.1 Å². The zero-order chi connectivity index (χ0) is 21.4. The Balaban J connectivity index is 1.46. The summed E-state index contributed by atoms with van der Waals surface area (Å²) in [5.41, 5.74) is 1.25. The van der Waals surface area contributed by atoms with Crippen LogP contribution in [-0.2, 0) is 6.18 Å². The summed E-state index contributed by atoms with van der Waals surface area (Å²) >= 11 is 1.15. The lowest BCUT2D eigenvalue weighted by molar-refractivity contribution is -0.137. The molecule has 0 radical (unpaired) electrons. The first kappa shape index (κ1) is 19.2. The zero-order valence-electron chi connectivity index (χ0n) is 15.5. The number of nitrogens with zero attached hydrogens (tertiary/aromatic N) is 6. The van der Waals surface area contributed by atoms with Gasteiger partial charge in [-0.2, -0.15) is 27.8 Å². The summed E-state index contributed by atoms with van der Waals surface area (Å²) in [5.74, 6) is 0.523. The van der Waals surface area contributed by atoms with Gasteiger partial charge in [-0.1, -0.05) is 30.3 Å². The third kappa shape index (κ3) is 3.87. The van der Waals surface area contributed by atoms with E-state index in [1.807, 2.05) is 36.4 Å². The Morgan fingerprint density at radius 1 is 0.903 bits per heavy atom. The molecule has 0 bridgehead atoms. The molecule has 0 spiro atoms. The van der Waals surface area contributed by atoms with Crippen molar-refractivity contribution in [2.24, 2.45) is 0 Å². The molecule has 0 amide bonds. The van der Waals surface area contributed by atoms with Crippen molar-refractivity contribution in [3.63, 3.8) is 0 Å². The molecule has 31 heavy (non-hydrogen) atoms. The minimum Gasteiger partial charge on any atom is -0.411 e. The molecule has 11 heteroatoms. The molecule has 0 aliphatic carbocycles. The van der Waals surface area contributed by atoms with Crippen LogP contribution >= 0.6 is 11.8 Å². The maximum atomic E-state index is 12.8. The number of hydrogen-bond acceptors (Lipinski definition) is 7. The van der Waals surface area contributed by atoms with Gasteiger partial charge in [0.2, 0.25) is 5.89 Å². The van der Waals surface area contributed by atoms with Crippen LogP contribution in [0.5, 0.6) is 0 Å². The lowest BCUT2D eigenvalue weighted by atomic mass is 10.1. The Bertz CT molecular complexity index is 1350. The molecule has 5 aromatic rings. The van der Waals surface area contributed by atoms with Crippen molar-refractivity contribution in [2.75, 3.05) is 0 Å². The van der Waals surface area contributed by atoms with Crippen molar-refractivity contribution in [1.82, 2.24) is 29.8 Å². The van der Waals surface area contributed by atoms with Crippen LogP contribution in [0.4, 0.5) is 13.2 Å². The average Bonchev–Trinajstić information content (AvgIpc) is 3.43. The van der Waals surface area contributed by atoms with E-state index in [0.29, 0.717) is 22.1 Å². The Morgan fingerprint density at radius 2 is 1.68 bits per heavy atom. The van der Waals surface area contributed by atoms with E-state index in [0.717, 1.165) is 29.5 Å². The van der Waals surface area contributed by atoms with Crippen LogP contribution in [-0.4, -0.2) is 29.8 Å². The van der Waals surface area contributed by atoms with Crippen LogP contribution in [0.3, 0.4) is 0 Å². The molecule has 3 aromatic heterocycles. The minimum atomic E-state index is -4.41. The fourth-order valence-corrected chi connectivity index (χ4v) is 3.64. The normalized spacial score (nSPS) is 11.8. The first-order valence-electron chi connectivity index (χ1n) is 8.92. The third-order valence-electron chi connectivity index (χ3n) is 4.35. The maximum Gasteiger partial charge on any atom is 0.416 e. The maximum absolute atomic E-state index is 12.8. The summed E-state index contributed by atoms with van der Waals surface area (Å²) in [7, 11) is 0. The van der Waals surface area contributed by atoms with Gasteiger partial charge in [-0.05, 0) is 42.1 Å². The number of benzene rings is 2. The molecule has 2 aromatic carbocycles. The van der Waals surface area contributed by atoms with E-state index in [2.05, 4.69) is 25.3 Å². The van der Waals surface area contributed by atoms with E-state index in [4.69, 9.17) is 4.42 Å². The molecule has 3 heterocycles. The number of hydrogen-bond donors (Lipinski definition) is 0. The van der Waals surface area contributed by atoms with E-state index in [9.17, 15) is 13.2 Å². The highest BCUT2D eigenvalue weighted by Crippen LogP contribution is 2.33. The predicted molar refractivity (Wildman–Crippen MR) is 105 cm³/mol. The summed E-state index contributed by atoms with van der Waals surface area (Å²) < 4.78 is 45.4. The van der Waals surface area contributed by atoms with Gasteiger partial charge in [0.05, 0.1) is 11.3 Å². The molecule has 0 saturated carbocycles. The van der Waals surface area contributed by atoms with Crippen molar-refractivity contribution in [3.05, 3.63) is 72.6 Å². The Hall–Kier alpha value is -3.73. The first-order valence-corrected chi connectivity index (χ1v) is 9.74. The fraction of sp³-hybridized carbons (Fsp3) is 0.0500. The second-order valence-corrected chi connectivity index (χ2v) is 7.34. The molecule has 154 valence electrons. The Morgan fingerprint density at radius 3 is 2.42 bits per heavy atom. The van der Waals surface area contributed by atoms with Crippen LogP contribution in [0.2, 0.25) is 0 Å². The fourth-order valence-electron chi connectivity index (χ4n) is 2.87. The van der Waals surface area contributed by atoms with Gasteiger partial charge in [0, 0.05) is 11.1 Å². The van der Waals surface area contributed by atoms with E-state index in [1.54, 1.807) is 4.52 Å². The molecular formula is C20H11F3N6OS. The number of alkyl halides is 3. The lowest BCUT2D eigenvalue weighted by Gasteiger charge is -2.06. The third-order valence-corrected chi connectivity index (χ3v) is 5.19. The zero-order valence-corrected chi connectivity index (χ0v) is 16.3. The monoisotopic (exact) mass is 440 g/mol. The number of aromatic nitrogens is 6. The van der Waals surface area contributed by atoms with Crippen molar-refractivity contribution >= 4 is 17.5 Å². The summed E-state index contributed by atoms with van der Waals surface area (Å²) in [6.45, 7) is 0. The van der Waals surface area contributed by atoms with E-state index >= 15 is 0 Å². The molecule has 0 saturated heterocycles. The van der Waals surface area contributed by atoms with Gasteiger partial charge in [-0.15, -0.1) is 10.2 Å². The highest BCUT2D eigenvalue weighted by molar-refractivity contribution is 7.99. The highest BCUT2D eigenvalue weighted by Gasteiger charge is 2.30. The number of fused-ring (bicyclic) bond motifs is 1. The number of halogens is 3. The van der Waals surface area contributed by atoms with Crippen LogP contribution in [0.25, 0.3) is 28.5 Å². The standard InChI is InChI=1S/C20H11F3N6OS/c21-20(22,23)14-8-6-13(7-9-14)17-27-28-19(30-17)31-16-10-15(12-4-2-1-3-5-12)26-18-24-11-25-29(16)18/h1-11H. The van der Waals surface area contributed by atoms with Crippen molar-refractivity contribution < 1.29 is 17.6 Å². The number of rotatable bonds is 4. The Kier molecular flexibility index (Phi) is 4.66. The van der Waals surface area contributed by atoms with Gasteiger partial charge in [0.15, 0.2) is 0 Å². The minimum absolute atomic E-state index is 0.114. The van der Waals surface area contributed by atoms with Crippen molar-refractivity contribution in [3.8, 4) is 22.7 Å². The van der Waals surface area contributed by atoms with Gasteiger partial charge in [-0.3, -0.25) is 0 Å². The predicted octanol–water partition coefficient (Wildman–Crippen LogP) is 5.01. The van der Waals surface area contributed by atoms with Crippen LogP contribution in [0, 0.1) is 0 Å². The molecular weight excluding hydrogens is 429 g/mol. The summed E-state index contributed by atoms with van der Waals surface area (Å²) in [4.78, 5) is 8.66. The molecule has 0 atom stereocenters. The van der Waals surface area contributed by atoms with Crippen molar-refractivity contribution in [2.45, 2.75) is 16.4 Å². The average molecular weight is 440 g/mol. The smallest absolute Gasteiger partial charge is 0.411 e. The molecule has 5 rings (SSSR count). The van der Waals surface area contributed by atoms with Gasteiger partial charge in [0.1, 0.15) is 11.4 Å². The van der Waals surface area contributed by atoms with Crippen LogP contribution in [0.15, 0.2) is 81.7 Å². The van der Waals surface area contributed by atoms with Gasteiger partial charge < -0.3 is 4.42 Å². The first-order chi connectivity index (χ1) is 15.0. The van der Waals surface area contributed by atoms with Gasteiger partial charge in [-0.25, -0.2) is 4.98 Å². The van der Waals surface area contributed by atoms with Crippen molar-refractivity contribution in [1.29, 1.82) is 0 Å². The van der Waals surface area contributed by atoms with Crippen LogP contribution in [0.1, 0.15) is 5.56 Å².